The van der Waals surface area contributed by atoms with Gasteiger partial charge in [-0.25, -0.2) is 0 Å². The molecule has 0 saturated carbocycles. The molecule has 17 heavy (non-hydrogen) atoms. The van der Waals surface area contributed by atoms with E-state index in [1.165, 1.54) is 0 Å². The van der Waals surface area contributed by atoms with E-state index >= 15 is 0 Å². The average Bonchev–Trinajstić information content (AvgIpc) is 2.93. The summed E-state index contributed by atoms with van der Waals surface area (Å²) < 4.78 is 7.15. The number of rotatable bonds is 1. The molecule has 0 fully saturated rings. The number of hydrogen-bond donors (Lipinski definition) is 1. The summed E-state index contributed by atoms with van der Waals surface area (Å²) in [7, 11) is 0. The van der Waals surface area contributed by atoms with E-state index in [1.807, 2.05) is 0 Å². The number of oxazole rings is 1. The fourth-order valence-electron chi connectivity index (χ4n) is 1.67. The standard InChI is InChI=1S/C12H8N4O/c13-7-9-2-1-5-16(9)12-15-10-4-3-8(14)6-11(10)17-12/h1-6H,14H2. The second-order valence-electron chi connectivity index (χ2n) is 3.60. The van der Waals surface area contributed by atoms with Crippen LogP contribution in [0.2, 0.25) is 0 Å². The molecule has 5 heteroatoms. The predicted molar refractivity (Wildman–Crippen MR) is 62.5 cm³/mol. The molecule has 2 heterocycles. The van der Waals surface area contributed by atoms with Crippen LogP contribution in [-0.2, 0) is 0 Å². The zero-order valence-electron chi connectivity index (χ0n) is 8.79. The molecule has 0 spiro atoms. The summed E-state index contributed by atoms with van der Waals surface area (Å²) in [6, 6.07) is 11.2. The van der Waals surface area contributed by atoms with Gasteiger partial charge in [-0.3, -0.25) is 4.57 Å². The first-order valence-corrected chi connectivity index (χ1v) is 5.02. The number of nitrogen functional groups attached to an aromatic ring is 1. The van der Waals surface area contributed by atoms with Gasteiger partial charge in [0.1, 0.15) is 17.3 Å². The molecule has 0 atom stereocenters. The third kappa shape index (κ3) is 1.43. The van der Waals surface area contributed by atoms with Crippen LogP contribution in [0.4, 0.5) is 5.69 Å². The molecule has 0 bridgehead atoms. The number of anilines is 1. The minimum absolute atomic E-state index is 0.368. The van der Waals surface area contributed by atoms with Crippen LogP contribution in [-0.4, -0.2) is 9.55 Å². The van der Waals surface area contributed by atoms with E-state index in [9.17, 15) is 0 Å². The highest BCUT2D eigenvalue weighted by molar-refractivity contribution is 5.77. The van der Waals surface area contributed by atoms with Gasteiger partial charge in [-0.1, -0.05) is 0 Å². The Labute approximate surface area is 96.7 Å². The van der Waals surface area contributed by atoms with Gasteiger partial charge in [0.2, 0.25) is 0 Å². The van der Waals surface area contributed by atoms with Crippen molar-refractivity contribution in [3.05, 3.63) is 42.2 Å². The minimum atomic E-state index is 0.368. The largest absolute Gasteiger partial charge is 0.423 e. The predicted octanol–water partition coefficient (Wildman–Crippen LogP) is 2.07. The van der Waals surface area contributed by atoms with Crippen LogP contribution < -0.4 is 5.73 Å². The van der Waals surface area contributed by atoms with Crippen LogP contribution in [0.15, 0.2) is 40.9 Å². The molecule has 0 radical (unpaired) electrons. The lowest BCUT2D eigenvalue weighted by molar-refractivity contribution is 0.563. The number of nitriles is 1. The van der Waals surface area contributed by atoms with Gasteiger partial charge in [0.15, 0.2) is 5.58 Å². The van der Waals surface area contributed by atoms with Crippen LogP contribution >= 0.6 is 0 Å². The summed E-state index contributed by atoms with van der Waals surface area (Å²) in [4.78, 5) is 4.29. The smallest absolute Gasteiger partial charge is 0.307 e. The van der Waals surface area contributed by atoms with Gasteiger partial charge >= 0.3 is 6.01 Å². The van der Waals surface area contributed by atoms with Gasteiger partial charge in [0.05, 0.1) is 0 Å². The van der Waals surface area contributed by atoms with Gasteiger partial charge in [0, 0.05) is 18.0 Å². The first-order valence-electron chi connectivity index (χ1n) is 5.02. The zero-order valence-corrected chi connectivity index (χ0v) is 8.79. The maximum Gasteiger partial charge on any atom is 0.307 e. The Balaban J connectivity index is 2.22. The minimum Gasteiger partial charge on any atom is -0.423 e. The molecule has 2 aromatic heterocycles. The fraction of sp³-hybridized carbons (Fsp3) is 0. The lowest BCUT2D eigenvalue weighted by atomic mass is 10.3. The van der Waals surface area contributed by atoms with E-state index in [0.717, 1.165) is 0 Å². The van der Waals surface area contributed by atoms with Crippen LogP contribution in [0, 0.1) is 11.3 Å². The second-order valence-corrected chi connectivity index (χ2v) is 3.60. The number of fused-ring (bicyclic) bond motifs is 1. The van der Waals surface area contributed by atoms with Gasteiger partial charge in [-0.2, -0.15) is 10.2 Å². The highest BCUT2D eigenvalue weighted by Gasteiger charge is 2.10. The van der Waals surface area contributed by atoms with Crippen molar-refractivity contribution in [2.45, 2.75) is 0 Å². The number of hydrogen-bond acceptors (Lipinski definition) is 4. The summed E-state index contributed by atoms with van der Waals surface area (Å²) in [6.07, 6.45) is 1.73. The summed E-state index contributed by atoms with van der Waals surface area (Å²) in [5.74, 6) is 0. The highest BCUT2D eigenvalue weighted by Crippen LogP contribution is 2.21. The maximum absolute atomic E-state index is 8.93. The monoisotopic (exact) mass is 224 g/mol. The lowest BCUT2D eigenvalue weighted by Gasteiger charge is -1.95. The van der Waals surface area contributed by atoms with Gasteiger partial charge in [-0.15, -0.1) is 0 Å². The number of nitrogens with two attached hydrogens (primary N) is 1. The molecule has 2 N–H and O–H groups in total. The van der Waals surface area contributed by atoms with E-state index in [1.54, 1.807) is 41.1 Å². The molecule has 1 aromatic carbocycles. The van der Waals surface area contributed by atoms with E-state index in [-0.39, 0.29) is 0 Å². The van der Waals surface area contributed by atoms with Crippen LogP contribution in [0.5, 0.6) is 0 Å². The van der Waals surface area contributed by atoms with E-state index in [2.05, 4.69) is 11.1 Å². The molecule has 0 aliphatic carbocycles. The number of aromatic nitrogens is 2. The van der Waals surface area contributed by atoms with Gasteiger partial charge < -0.3 is 10.2 Å². The Kier molecular flexibility index (Phi) is 1.89. The first-order chi connectivity index (χ1) is 8.28. The molecule has 0 unspecified atom stereocenters. The summed E-state index contributed by atoms with van der Waals surface area (Å²) in [5.41, 5.74) is 8.08. The Morgan fingerprint density at radius 1 is 1.35 bits per heavy atom. The van der Waals surface area contributed by atoms with Gasteiger partial charge in [0.25, 0.3) is 0 Å². The quantitative estimate of drug-likeness (QED) is 0.641. The summed E-state index contributed by atoms with van der Waals surface area (Å²) in [6.45, 7) is 0. The number of benzene rings is 1. The van der Waals surface area contributed by atoms with Crippen molar-refractivity contribution in [1.82, 2.24) is 9.55 Å². The Morgan fingerprint density at radius 2 is 2.24 bits per heavy atom. The number of nitrogens with zero attached hydrogens (tertiary/aromatic N) is 3. The maximum atomic E-state index is 8.93. The third-order valence-electron chi connectivity index (χ3n) is 2.47. The average molecular weight is 224 g/mol. The van der Waals surface area contributed by atoms with Crippen molar-refractivity contribution in [3.8, 4) is 12.1 Å². The Hall–Kier alpha value is -2.74. The van der Waals surface area contributed by atoms with Crippen molar-refractivity contribution < 1.29 is 4.42 Å². The van der Waals surface area contributed by atoms with Gasteiger partial charge in [-0.05, 0) is 24.3 Å². The molecule has 82 valence electrons. The highest BCUT2D eigenvalue weighted by atomic mass is 16.4. The summed E-state index contributed by atoms with van der Waals surface area (Å²) in [5, 5.41) is 8.93. The first kappa shape index (κ1) is 9.48. The topological polar surface area (TPSA) is 80.8 Å². The Morgan fingerprint density at radius 3 is 3.06 bits per heavy atom. The molecule has 0 aliphatic rings. The van der Waals surface area contributed by atoms with E-state index < -0.39 is 0 Å². The van der Waals surface area contributed by atoms with E-state index in [4.69, 9.17) is 15.4 Å². The normalized spacial score (nSPS) is 10.5. The fourth-order valence-corrected chi connectivity index (χ4v) is 1.67. The third-order valence-corrected chi connectivity index (χ3v) is 2.47. The molecular formula is C12H8N4O. The molecule has 0 amide bonds. The van der Waals surface area contributed by atoms with E-state index in [0.29, 0.717) is 28.5 Å². The summed E-state index contributed by atoms with van der Waals surface area (Å²) >= 11 is 0. The Bertz CT molecular complexity index is 732. The van der Waals surface area contributed by atoms with Crippen molar-refractivity contribution in [2.75, 3.05) is 5.73 Å². The van der Waals surface area contributed by atoms with Crippen LogP contribution in [0.3, 0.4) is 0 Å². The van der Waals surface area contributed by atoms with Crippen LogP contribution in [0.1, 0.15) is 5.69 Å². The molecule has 3 aromatic rings. The second kappa shape index (κ2) is 3.39. The van der Waals surface area contributed by atoms with Crippen molar-refractivity contribution >= 4 is 16.8 Å². The van der Waals surface area contributed by atoms with Crippen molar-refractivity contribution in [1.29, 1.82) is 5.26 Å². The molecule has 5 nitrogen and oxygen atoms in total. The zero-order chi connectivity index (χ0) is 11.8. The lowest BCUT2D eigenvalue weighted by Crippen LogP contribution is -1.94. The molecular weight excluding hydrogens is 216 g/mol. The van der Waals surface area contributed by atoms with Crippen molar-refractivity contribution in [2.24, 2.45) is 0 Å². The SMILES string of the molecule is N#Cc1cccn1-c1nc2ccc(N)cc2o1. The molecule has 3 rings (SSSR count). The molecule has 0 aliphatic heterocycles. The van der Waals surface area contributed by atoms with Crippen LogP contribution in [0.25, 0.3) is 17.1 Å². The van der Waals surface area contributed by atoms with Crippen molar-refractivity contribution in [3.63, 3.8) is 0 Å². The molecule has 0 saturated heterocycles.